The smallest absolute Gasteiger partial charge is 0.294 e. The van der Waals surface area contributed by atoms with Crippen LogP contribution in [0.15, 0.2) is 107 Å². The third kappa shape index (κ3) is 8.77. The lowest BCUT2D eigenvalue weighted by atomic mass is 9.83. The van der Waals surface area contributed by atoms with Crippen LogP contribution in [0.5, 0.6) is 0 Å². The summed E-state index contributed by atoms with van der Waals surface area (Å²) in [5, 5.41) is 21.7. The number of anilines is 1. The van der Waals surface area contributed by atoms with E-state index in [0.29, 0.717) is 51.8 Å². The van der Waals surface area contributed by atoms with Crippen molar-refractivity contribution in [3.05, 3.63) is 130 Å². The van der Waals surface area contributed by atoms with Gasteiger partial charge in [0.05, 0.1) is 45.7 Å². The van der Waals surface area contributed by atoms with Gasteiger partial charge in [-0.2, -0.15) is 18.9 Å². The third-order valence-corrected chi connectivity index (χ3v) is 11.0. The summed E-state index contributed by atoms with van der Waals surface area (Å²) < 4.78 is 34.1. The van der Waals surface area contributed by atoms with Crippen molar-refractivity contribution in [1.82, 2.24) is 15.1 Å². The van der Waals surface area contributed by atoms with Crippen molar-refractivity contribution >= 4 is 73.4 Å². The number of nitrogens with one attached hydrogen (secondary N) is 1. The Kier molecular flexibility index (Phi) is 12.5. The van der Waals surface area contributed by atoms with Gasteiger partial charge in [-0.1, -0.05) is 72.9 Å². The van der Waals surface area contributed by atoms with E-state index in [1.165, 1.54) is 28.0 Å². The highest BCUT2D eigenvalue weighted by atomic mass is 127. The summed E-state index contributed by atoms with van der Waals surface area (Å²) in [6.07, 6.45) is 7.05. The topological polar surface area (TPSA) is 175 Å². The van der Waals surface area contributed by atoms with E-state index in [9.17, 15) is 37.9 Å². The van der Waals surface area contributed by atoms with Gasteiger partial charge < -0.3 is 10.2 Å². The number of hydrogen-bond acceptors (Lipinski definition) is 9. The van der Waals surface area contributed by atoms with E-state index in [4.69, 9.17) is 12.2 Å². The second-order valence-corrected chi connectivity index (χ2v) is 15.5. The molecule has 276 valence electrons. The maximum Gasteiger partial charge on any atom is 0.294 e. The van der Waals surface area contributed by atoms with E-state index in [2.05, 4.69) is 17.5 Å². The molecular weight excluding hydrogens is 840 g/mol. The molecule has 54 heavy (non-hydrogen) atoms. The van der Waals surface area contributed by atoms with Crippen molar-refractivity contribution in [3.8, 4) is 12.1 Å². The molecule has 0 bridgehead atoms. The van der Waals surface area contributed by atoms with Crippen LogP contribution in [-0.2, 0) is 43.0 Å². The number of thiocarbonyl (C=S) groups is 1. The Hall–Kier alpha value is -5.20. The highest BCUT2D eigenvalue weighted by molar-refractivity contribution is 14.1. The van der Waals surface area contributed by atoms with Gasteiger partial charge in [0.25, 0.3) is 21.9 Å². The van der Waals surface area contributed by atoms with Crippen molar-refractivity contribution < 1.29 is 27.4 Å². The molecule has 0 radical (unpaired) electrons. The molecule has 0 aliphatic carbocycles. The molecule has 1 fully saturated rings. The number of nitriles is 2. The molecule has 2 heterocycles. The molecule has 2 N–H and O–H groups in total. The summed E-state index contributed by atoms with van der Waals surface area (Å²) in [7, 11) is -4.46. The van der Waals surface area contributed by atoms with E-state index in [1.807, 2.05) is 47.4 Å². The van der Waals surface area contributed by atoms with Gasteiger partial charge in [-0.05, 0) is 89.9 Å². The van der Waals surface area contributed by atoms with Crippen LogP contribution in [0.3, 0.4) is 0 Å². The minimum Gasteiger partial charge on any atom is -0.355 e. The van der Waals surface area contributed by atoms with Gasteiger partial charge in [-0.25, -0.2) is 0 Å². The molecule has 1 saturated heterocycles. The molecule has 12 nitrogen and oxygen atoms in total. The molecule has 5 rings (SSSR count). The number of carbonyl (C=O) groups excluding carboxylic acids is 3. The van der Waals surface area contributed by atoms with Gasteiger partial charge >= 0.3 is 0 Å². The van der Waals surface area contributed by atoms with Crippen molar-refractivity contribution in [1.29, 1.82) is 10.5 Å². The minimum absolute atomic E-state index is 0.00551. The molecule has 0 aromatic heterocycles. The van der Waals surface area contributed by atoms with Gasteiger partial charge in [0, 0.05) is 29.9 Å². The van der Waals surface area contributed by atoms with Crippen LogP contribution in [0, 0.1) is 22.7 Å². The van der Waals surface area contributed by atoms with E-state index in [1.54, 1.807) is 66.7 Å². The number of alkyl halides is 1. The standard InChI is InChI=1S/C39H35IN6O6S2/c1-39(2)32-20-30(54(50,51)52)14-15-33(32)44(17-7-16-43-35(47)21-40)34(39)13-4-3-12-31-36(48)45(24-28-10-5-8-26(18-28)22-41)38(53)46(37(31)49)25-29-11-6-9-27(19-29)23-42/h3-6,8-15,18-20H,7,16-17,21,24-25H2,1-2H3,(H,43,47)(H,50,51,52)/b4-3+,34-13+. The highest BCUT2D eigenvalue weighted by Crippen LogP contribution is 2.48. The van der Waals surface area contributed by atoms with Gasteiger partial charge in [-0.15, -0.1) is 0 Å². The van der Waals surface area contributed by atoms with Crippen LogP contribution in [0.2, 0.25) is 0 Å². The lowest BCUT2D eigenvalue weighted by Gasteiger charge is -2.36. The fraction of sp³-hybridized carbons (Fsp3) is 0.231. The second-order valence-electron chi connectivity index (χ2n) is 13.0. The van der Waals surface area contributed by atoms with Crippen LogP contribution >= 0.6 is 34.8 Å². The fourth-order valence-corrected chi connectivity index (χ4v) is 7.40. The molecule has 0 saturated carbocycles. The van der Waals surface area contributed by atoms with Crippen molar-refractivity contribution in [2.75, 3.05) is 22.4 Å². The summed E-state index contributed by atoms with van der Waals surface area (Å²) >= 11 is 7.68. The first-order valence-electron chi connectivity index (χ1n) is 16.7. The summed E-state index contributed by atoms with van der Waals surface area (Å²) in [4.78, 5) is 44.1. The monoisotopic (exact) mass is 874 g/mol. The maximum absolute atomic E-state index is 13.9. The van der Waals surface area contributed by atoms with Crippen LogP contribution < -0.4 is 10.2 Å². The molecule has 3 aromatic rings. The van der Waals surface area contributed by atoms with E-state index in [0.717, 1.165) is 11.4 Å². The Morgan fingerprint density at radius 3 is 2.02 bits per heavy atom. The zero-order valence-corrected chi connectivity index (χ0v) is 33.1. The first-order valence-corrected chi connectivity index (χ1v) is 20.0. The minimum atomic E-state index is -4.46. The van der Waals surface area contributed by atoms with E-state index in [-0.39, 0.29) is 34.6 Å². The zero-order valence-electron chi connectivity index (χ0n) is 29.3. The van der Waals surface area contributed by atoms with E-state index >= 15 is 0 Å². The van der Waals surface area contributed by atoms with Crippen molar-refractivity contribution in [2.45, 2.75) is 43.7 Å². The first kappa shape index (κ1) is 40.0. The zero-order chi connectivity index (χ0) is 39.2. The number of amides is 3. The molecule has 0 unspecified atom stereocenters. The normalized spacial score (nSPS) is 16.1. The Bertz CT molecular complexity index is 2240. The summed E-state index contributed by atoms with van der Waals surface area (Å²) in [5.41, 5.74) is 3.39. The van der Waals surface area contributed by atoms with Gasteiger partial charge in [0.2, 0.25) is 5.91 Å². The average Bonchev–Trinajstić information content (AvgIpc) is 3.37. The Morgan fingerprint density at radius 1 is 0.907 bits per heavy atom. The van der Waals surface area contributed by atoms with Gasteiger partial charge in [0.15, 0.2) is 5.11 Å². The predicted octanol–water partition coefficient (Wildman–Crippen LogP) is 5.44. The maximum atomic E-state index is 13.9. The third-order valence-electron chi connectivity index (χ3n) is 9.00. The largest absolute Gasteiger partial charge is 0.355 e. The summed E-state index contributed by atoms with van der Waals surface area (Å²) in [6, 6.07) is 22.1. The van der Waals surface area contributed by atoms with Gasteiger partial charge in [-0.3, -0.25) is 28.7 Å². The number of benzene rings is 3. The Labute approximate surface area is 332 Å². The highest BCUT2D eigenvalue weighted by Gasteiger charge is 2.41. The molecular formula is C39H35IN6O6S2. The number of nitrogens with zero attached hydrogens (tertiary/aromatic N) is 5. The number of hydrogen-bond donors (Lipinski definition) is 2. The predicted molar refractivity (Wildman–Crippen MR) is 214 cm³/mol. The SMILES string of the molecule is CC1(C)/C(=C\C=C\C=C2C(=O)N(Cc3cccc(C#N)c3)C(=S)N(Cc3cccc(C#N)c3)C2=O)N(CCCNC(=O)CI)c2ccc(S(=O)(=O)O)cc21. The Morgan fingerprint density at radius 2 is 1.48 bits per heavy atom. The molecule has 2 aliphatic rings. The lowest BCUT2D eigenvalue weighted by molar-refractivity contribution is -0.134. The summed E-state index contributed by atoms with van der Waals surface area (Å²) in [6.45, 7) is 4.75. The summed E-state index contributed by atoms with van der Waals surface area (Å²) in [5.74, 6) is -1.32. The molecule has 3 amide bonds. The van der Waals surface area contributed by atoms with Crippen molar-refractivity contribution in [3.63, 3.8) is 0 Å². The van der Waals surface area contributed by atoms with Crippen molar-refractivity contribution in [2.24, 2.45) is 0 Å². The van der Waals surface area contributed by atoms with E-state index < -0.39 is 27.3 Å². The van der Waals surface area contributed by atoms with Crippen LogP contribution in [0.25, 0.3) is 0 Å². The number of fused-ring (bicyclic) bond motifs is 1. The number of carbonyl (C=O) groups is 3. The average molecular weight is 875 g/mol. The lowest BCUT2D eigenvalue weighted by Crippen LogP contribution is -2.55. The quantitative estimate of drug-likeness (QED) is 0.0454. The number of rotatable bonds is 12. The van der Waals surface area contributed by atoms with Crippen LogP contribution in [-0.4, -0.2) is 63.1 Å². The van der Waals surface area contributed by atoms with Crippen LogP contribution in [0.1, 0.15) is 48.1 Å². The molecule has 0 atom stereocenters. The second kappa shape index (κ2) is 16.9. The fourth-order valence-electron chi connectivity index (χ4n) is 6.33. The van der Waals surface area contributed by atoms with Crippen LogP contribution in [0.4, 0.5) is 5.69 Å². The molecule has 0 spiro atoms. The Balaban J connectivity index is 1.50. The molecule has 2 aliphatic heterocycles. The molecule has 15 heteroatoms. The number of halogens is 1. The first-order chi connectivity index (χ1) is 25.7. The number of allylic oxidation sites excluding steroid dienone is 5. The van der Waals surface area contributed by atoms with Gasteiger partial charge in [0.1, 0.15) is 5.57 Å². The molecule has 3 aromatic carbocycles.